The van der Waals surface area contributed by atoms with Gasteiger partial charge >= 0.3 is 5.97 Å². The maximum atomic E-state index is 11.4. The van der Waals surface area contributed by atoms with Crippen LogP contribution in [0.15, 0.2) is 0 Å². The first kappa shape index (κ1) is 13.4. The first-order chi connectivity index (χ1) is 6.61. The van der Waals surface area contributed by atoms with E-state index in [2.05, 4.69) is 0 Å². The Hall–Kier alpha value is -0.610. The molecular formula is C10H21NO3. The number of nitrogens with zero attached hydrogens (tertiary/aromatic N) is 1. The van der Waals surface area contributed by atoms with Gasteiger partial charge in [-0.2, -0.15) is 0 Å². The number of unbranched alkanes of at least 4 members (excludes halogenated alkanes) is 1. The first-order valence-electron chi connectivity index (χ1n) is 5.04. The standard InChI is InChI=1S/C10H21NO3/c1-4-5-6-14-10(13)9(8-12)7-11(2)3/h9,12H,4-8H2,1-3H3. The Morgan fingerprint density at radius 1 is 1.50 bits per heavy atom. The summed E-state index contributed by atoms with van der Waals surface area (Å²) in [6, 6.07) is 0. The van der Waals surface area contributed by atoms with Gasteiger partial charge in [-0.05, 0) is 20.5 Å². The number of hydrogen-bond acceptors (Lipinski definition) is 4. The van der Waals surface area contributed by atoms with Gasteiger partial charge < -0.3 is 14.7 Å². The van der Waals surface area contributed by atoms with Crippen molar-refractivity contribution in [3.8, 4) is 0 Å². The van der Waals surface area contributed by atoms with Crippen LogP contribution in [0.1, 0.15) is 19.8 Å². The van der Waals surface area contributed by atoms with Crippen molar-refractivity contribution in [2.45, 2.75) is 19.8 Å². The van der Waals surface area contributed by atoms with Crippen molar-refractivity contribution < 1.29 is 14.6 Å². The van der Waals surface area contributed by atoms with Crippen LogP contribution in [0.4, 0.5) is 0 Å². The SMILES string of the molecule is CCCCOC(=O)C(CO)CN(C)C. The zero-order valence-electron chi connectivity index (χ0n) is 9.32. The highest BCUT2D eigenvalue weighted by Gasteiger charge is 2.19. The predicted molar refractivity (Wildman–Crippen MR) is 55.0 cm³/mol. The molecule has 0 aromatic carbocycles. The molecule has 0 aliphatic heterocycles. The van der Waals surface area contributed by atoms with Crippen LogP contribution in [0.3, 0.4) is 0 Å². The topological polar surface area (TPSA) is 49.8 Å². The minimum absolute atomic E-state index is 0.150. The average molecular weight is 203 g/mol. The fourth-order valence-corrected chi connectivity index (χ4v) is 1.08. The van der Waals surface area contributed by atoms with E-state index in [1.165, 1.54) is 0 Å². The van der Waals surface area contributed by atoms with E-state index >= 15 is 0 Å². The molecule has 0 fully saturated rings. The molecule has 0 bridgehead atoms. The monoisotopic (exact) mass is 203 g/mol. The fraction of sp³-hybridized carbons (Fsp3) is 0.900. The summed E-state index contributed by atoms with van der Waals surface area (Å²) < 4.78 is 5.01. The molecule has 0 saturated carbocycles. The molecule has 0 saturated heterocycles. The second-order valence-electron chi connectivity index (χ2n) is 3.66. The van der Waals surface area contributed by atoms with Crippen LogP contribution in [0.5, 0.6) is 0 Å². The number of aliphatic hydroxyl groups is 1. The third kappa shape index (κ3) is 5.94. The number of esters is 1. The lowest BCUT2D eigenvalue weighted by Gasteiger charge is -2.17. The predicted octanol–water partition coefficient (Wildman–Crippen LogP) is 0.500. The van der Waals surface area contributed by atoms with Crippen LogP contribution in [-0.4, -0.2) is 49.8 Å². The van der Waals surface area contributed by atoms with Gasteiger partial charge in [-0.25, -0.2) is 0 Å². The van der Waals surface area contributed by atoms with E-state index in [4.69, 9.17) is 9.84 Å². The van der Waals surface area contributed by atoms with Crippen LogP contribution < -0.4 is 0 Å². The lowest BCUT2D eigenvalue weighted by Crippen LogP contribution is -2.32. The Bertz CT molecular complexity index is 159. The van der Waals surface area contributed by atoms with E-state index in [1.807, 2.05) is 25.9 Å². The van der Waals surface area contributed by atoms with Crippen molar-refractivity contribution in [1.82, 2.24) is 4.90 Å². The highest BCUT2D eigenvalue weighted by Crippen LogP contribution is 2.01. The Morgan fingerprint density at radius 2 is 2.14 bits per heavy atom. The second kappa shape index (κ2) is 7.76. The van der Waals surface area contributed by atoms with Gasteiger partial charge in [0.1, 0.15) is 0 Å². The van der Waals surface area contributed by atoms with E-state index in [1.54, 1.807) is 0 Å². The minimum Gasteiger partial charge on any atom is -0.465 e. The van der Waals surface area contributed by atoms with Gasteiger partial charge in [-0.15, -0.1) is 0 Å². The normalized spacial score (nSPS) is 12.9. The maximum Gasteiger partial charge on any atom is 0.312 e. The van der Waals surface area contributed by atoms with Gasteiger partial charge in [0, 0.05) is 6.54 Å². The fourth-order valence-electron chi connectivity index (χ4n) is 1.08. The quantitative estimate of drug-likeness (QED) is 0.483. The molecule has 1 atom stereocenters. The number of hydrogen-bond donors (Lipinski definition) is 1. The Kier molecular flexibility index (Phi) is 7.42. The van der Waals surface area contributed by atoms with E-state index in [0.29, 0.717) is 13.2 Å². The molecule has 0 spiro atoms. The summed E-state index contributed by atoms with van der Waals surface area (Å²) in [6.07, 6.45) is 1.89. The van der Waals surface area contributed by atoms with Gasteiger partial charge in [0.2, 0.25) is 0 Å². The first-order valence-corrected chi connectivity index (χ1v) is 5.04. The maximum absolute atomic E-state index is 11.4. The summed E-state index contributed by atoms with van der Waals surface area (Å²) in [4.78, 5) is 13.2. The summed E-state index contributed by atoms with van der Waals surface area (Å²) in [6.45, 7) is 2.88. The highest BCUT2D eigenvalue weighted by molar-refractivity contribution is 5.72. The molecule has 0 aliphatic carbocycles. The smallest absolute Gasteiger partial charge is 0.312 e. The van der Waals surface area contributed by atoms with Crippen molar-refractivity contribution in [3.05, 3.63) is 0 Å². The van der Waals surface area contributed by atoms with Crippen LogP contribution >= 0.6 is 0 Å². The van der Waals surface area contributed by atoms with Gasteiger partial charge in [-0.1, -0.05) is 13.3 Å². The largest absolute Gasteiger partial charge is 0.465 e. The average Bonchev–Trinajstić information content (AvgIpc) is 2.14. The van der Waals surface area contributed by atoms with Crippen LogP contribution in [-0.2, 0) is 9.53 Å². The van der Waals surface area contributed by atoms with Crippen molar-refractivity contribution in [2.75, 3.05) is 33.9 Å². The van der Waals surface area contributed by atoms with E-state index in [-0.39, 0.29) is 12.6 Å². The zero-order chi connectivity index (χ0) is 11.0. The van der Waals surface area contributed by atoms with Gasteiger partial charge in [0.25, 0.3) is 0 Å². The van der Waals surface area contributed by atoms with Crippen molar-refractivity contribution in [3.63, 3.8) is 0 Å². The molecule has 0 aromatic heterocycles. The Morgan fingerprint density at radius 3 is 2.57 bits per heavy atom. The second-order valence-corrected chi connectivity index (χ2v) is 3.66. The van der Waals surface area contributed by atoms with Crippen LogP contribution in [0, 0.1) is 5.92 Å². The molecule has 0 radical (unpaired) electrons. The van der Waals surface area contributed by atoms with Crippen molar-refractivity contribution in [2.24, 2.45) is 5.92 Å². The molecule has 0 amide bonds. The number of ether oxygens (including phenoxy) is 1. The summed E-state index contributed by atoms with van der Waals surface area (Å²) in [7, 11) is 3.73. The van der Waals surface area contributed by atoms with Gasteiger partial charge in [-0.3, -0.25) is 4.79 Å². The molecule has 1 unspecified atom stereocenters. The number of carbonyl (C=O) groups is 1. The molecule has 84 valence electrons. The summed E-state index contributed by atoms with van der Waals surface area (Å²) in [5.74, 6) is -0.712. The van der Waals surface area contributed by atoms with Gasteiger partial charge in [0.05, 0.1) is 19.1 Å². The van der Waals surface area contributed by atoms with Gasteiger partial charge in [0.15, 0.2) is 0 Å². The van der Waals surface area contributed by atoms with Crippen molar-refractivity contribution >= 4 is 5.97 Å². The summed E-state index contributed by atoms with van der Waals surface area (Å²) in [5, 5.41) is 8.97. The lowest BCUT2D eigenvalue weighted by atomic mass is 10.1. The lowest BCUT2D eigenvalue weighted by molar-refractivity contribution is -0.150. The number of rotatable bonds is 7. The molecule has 0 aromatic rings. The molecule has 0 rings (SSSR count). The zero-order valence-corrected chi connectivity index (χ0v) is 9.32. The molecule has 0 heterocycles. The van der Waals surface area contributed by atoms with Crippen LogP contribution in [0.25, 0.3) is 0 Å². The molecule has 14 heavy (non-hydrogen) atoms. The molecule has 1 N–H and O–H groups in total. The van der Waals surface area contributed by atoms with E-state index in [9.17, 15) is 4.79 Å². The van der Waals surface area contributed by atoms with E-state index < -0.39 is 5.92 Å². The molecular weight excluding hydrogens is 182 g/mol. The number of carbonyl (C=O) groups excluding carboxylic acids is 1. The third-order valence-electron chi connectivity index (χ3n) is 1.88. The van der Waals surface area contributed by atoms with Crippen molar-refractivity contribution in [1.29, 1.82) is 0 Å². The highest BCUT2D eigenvalue weighted by atomic mass is 16.5. The molecule has 4 heteroatoms. The van der Waals surface area contributed by atoms with E-state index in [0.717, 1.165) is 12.8 Å². The van der Waals surface area contributed by atoms with Crippen LogP contribution in [0.2, 0.25) is 0 Å². The Labute approximate surface area is 85.9 Å². The minimum atomic E-state index is -0.415. The summed E-state index contributed by atoms with van der Waals surface area (Å²) in [5.41, 5.74) is 0. The number of aliphatic hydroxyl groups excluding tert-OH is 1. The molecule has 0 aliphatic rings. The molecule has 4 nitrogen and oxygen atoms in total. The Balaban J connectivity index is 3.79. The third-order valence-corrected chi connectivity index (χ3v) is 1.88. The summed E-state index contributed by atoms with van der Waals surface area (Å²) >= 11 is 0.